The molecular formula is C25H20ClF6NO2. The summed E-state index contributed by atoms with van der Waals surface area (Å²) in [5.41, 5.74) is -3.95. The third kappa shape index (κ3) is 5.62. The van der Waals surface area contributed by atoms with Crippen molar-refractivity contribution in [3.63, 3.8) is 0 Å². The first kappa shape index (κ1) is 26.6. The molecule has 0 saturated heterocycles. The Balaban J connectivity index is 1.84. The molecular weight excluding hydrogens is 496 g/mol. The van der Waals surface area contributed by atoms with Crippen molar-refractivity contribution in [3.8, 4) is 11.1 Å². The molecule has 0 bridgehead atoms. The highest BCUT2D eigenvalue weighted by atomic mass is 35.5. The number of anilines is 1. The third-order valence-corrected chi connectivity index (χ3v) is 5.73. The van der Waals surface area contributed by atoms with Crippen LogP contribution < -0.4 is 5.32 Å². The van der Waals surface area contributed by atoms with Gasteiger partial charge in [0, 0.05) is 16.3 Å². The second-order valence-electron chi connectivity index (χ2n) is 7.86. The molecule has 0 heterocycles. The Morgan fingerprint density at radius 3 is 1.97 bits per heavy atom. The summed E-state index contributed by atoms with van der Waals surface area (Å²) in [5, 5.41) is 12.9. The number of hydrogen-bond acceptors (Lipinski definition) is 2. The van der Waals surface area contributed by atoms with E-state index in [1.807, 2.05) is 0 Å². The van der Waals surface area contributed by atoms with Crippen LogP contribution in [0.2, 0.25) is 5.02 Å². The number of hydrogen-bond donors (Lipinski definition) is 2. The highest BCUT2D eigenvalue weighted by Gasteiger charge is 2.71. The van der Waals surface area contributed by atoms with Gasteiger partial charge in [0.1, 0.15) is 0 Å². The summed E-state index contributed by atoms with van der Waals surface area (Å²) >= 11 is 5.82. The van der Waals surface area contributed by atoms with Crippen LogP contribution in [0.3, 0.4) is 0 Å². The predicted octanol–water partition coefficient (Wildman–Crippen LogP) is 7.06. The molecule has 35 heavy (non-hydrogen) atoms. The summed E-state index contributed by atoms with van der Waals surface area (Å²) in [6.45, 7) is 1.58. The Bertz CT molecular complexity index is 1170. The van der Waals surface area contributed by atoms with Gasteiger partial charge in [-0.15, -0.1) is 0 Å². The fraction of sp³-hybridized carbons (Fsp3) is 0.240. The lowest BCUT2D eigenvalue weighted by Crippen LogP contribution is -2.53. The van der Waals surface area contributed by atoms with Gasteiger partial charge in [0.2, 0.25) is 5.91 Å². The molecule has 0 radical (unpaired) electrons. The lowest BCUT2D eigenvalue weighted by atomic mass is 9.87. The topological polar surface area (TPSA) is 49.3 Å². The molecule has 0 aromatic heterocycles. The minimum absolute atomic E-state index is 0.113. The van der Waals surface area contributed by atoms with E-state index in [1.165, 1.54) is 0 Å². The Labute approximate surface area is 202 Å². The normalized spacial score (nSPS) is 12.5. The first-order valence-electron chi connectivity index (χ1n) is 10.4. The van der Waals surface area contributed by atoms with Gasteiger partial charge in [-0.25, -0.2) is 0 Å². The largest absolute Gasteiger partial charge is 0.430 e. The van der Waals surface area contributed by atoms with Gasteiger partial charge in [-0.1, -0.05) is 61.0 Å². The second-order valence-corrected chi connectivity index (χ2v) is 8.30. The first-order chi connectivity index (χ1) is 16.3. The fourth-order valence-corrected chi connectivity index (χ4v) is 3.73. The molecule has 0 atom stereocenters. The average molecular weight is 516 g/mol. The number of benzene rings is 3. The highest BCUT2D eigenvalue weighted by molar-refractivity contribution is 6.30. The average Bonchev–Trinajstić information content (AvgIpc) is 2.78. The van der Waals surface area contributed by atoms with E-state index < -0.39 is 23.5 Å². The third-order valence-electron chi connectivity index (χ3n) is 5.48. The van der Waals surface area contributed by atoms with Crippen LogP contribution in [0.5, 0.6) is 0 Å². The van der Waals surface area contributed by atoms with Crippen LogP contribution in [0.1, 0.15) is 23.6 Å². The standard InChI is InChI=1S/C25H20ClF6NO2/c1-2-16-14-18(23(35,24(27,28)29)25(30,31)32)7-12-21(16)17-5-10-20(11-6-17)33-22(34)13-15-3-8-19(26)9-4-15/h3-12,14,35H,2,13H2,1H3,(H,33,34). The van der Waals surface area contributed by atoms with E-state index in [-0.39, 0.29) is 24.3 Å². The molecule has 0 fully saturated rings. The van der Waals surface area contributed by atoms with E-state index >= 15 is 0 Å². The van der Waals surface area contributed by atoms with Gasteiger partial charge in [-0.2, -0.15) is 26.3 Å². The summed E-state index contributed by atoms with van der Waals surface area (Å²) in [7, 11) is 0. The van der Waals surface area contributed by atoms with Crippen molar-refractivity contribution in [3.05, 3.63) is 88.4 Å². The van der Waals surface area contributed by atoms with Crippen LogP contribution in [0.25, 0.3) is 11.1 Å². The lowest BCUT2D eigenvalue weighted by Gasteiger charge is -2.33. The van der Waals surface area contributed by atoms with E-state index in [0.717, 1.165) is 17.7 Å². The highest BCUT2D eigenvalue weighted by Crippen LogP contribution is 2.50. The molecule has 0 aliphatic heterocycles. The van der Waals surface area contributed by atoms with E-state index in [9.17, 15) is 36.2 Å². The Morgan fingerprint density at radius 2 is 1.46 bits per heavy atom. The van der Waals surface area contributed by atoms with Crippen LogP contribution in [0.4, 0.5) is 32.0 Å². The second kappa shape index (κ2) is 9.91. The van der Waals surface area contributed by atoms with E-state index in [1.54, 1.807) is 55.5 Å². The number of carbonyl (C=O) groups excluding carboxylic acids is 1. The molecule has 0 saturated carbocycles. The minimum atomic E-state index is -5.95. The molecule has 2 N–H and O–H groups in total. The van der Waals surface area contributed by atoms with Crippen LogP contribution in [0.15, 0.2) is 66.7 Å². The van der Waals surface area contributed by atoms with E-state index in [0.29, 0.717) is 27.9 Å². The zero-order chi connectivity index (χ0) is 26.0. The van der Waals surface area contributed by atoms with Crippen molar-refractivity contribution in [2.24, 2.45) is 0 Å². The molecule has 3 rings (SSSR count). The van der Waals surface area contributed by atoms with Crippen molar-refractivity contribution in [1.82, 2.24) is 0 Å². The van der Waals surface area contributed by atoms with Crippen molar-refractivity contribution in [1.29, 1.82) is 0 Å². The Kier molecular flexibility index (Phi) is 7.52. The lowest BCUT2D eigenvalue weighted by molar-refractivity contribution is -0.376. The maximum Gasteiger partial charge on any atom is 0.430 e. The van der Waals surface area contributed by atoms with Crippen molar-refractivity contribution >= 4 is 23.2 Å². The summed E-state index contributed by atoms with van der Waals surface area (Å²) in [6, 6.07) is 15.6. The predicted molar refractivity (Wildman–Crippen MR) is 121 cm³/mol. The van der Waals surface area contributed by atoms with Gasteiger partial charge in [0.15, 0.2) is 0 Å². The molecule has 0 aliphatic rings. The zero-order valence-corrected chi connectivity index (χ0v) is 19.0. The molecule has 10 heteroatoms. The molecule has 0 spiro atoms. The van der Waals surface area contributed by atoms with Crippen molar-refractivity contribution in [2.75, 3.05) is 5.32 Å². The summed E-state index contributed by atoms with van der Waals surface area (Å²) in [5.74, 6) is -0.280. The molecule has 1 amide bonds. The number of amides is 1. The summed E-state index contributed by atoms with van der Waals surface area (Å²) in [6.07, 6.45) is -11.7. The van der Waals surface area contributed by atoms with Crippen LogP contribution in [-0.4, -0.2) is 23.4 Å². The van der Waals surface area contributed by atoms with Gasteiger partial charge in [0.25, 0.3) is 5.60 Å². The number of aliphatic hydroxyl groups is 1. The van der Waals surface area contributed by atoms with Gasteiger partial charge >= 0.3 is 12.4 Å². The number of halogens is 7. The van der Waals surface area contributed by atoms with Crippen molar-refractivity contribution in [2.45, 2.75) is 37.7 Å². The van der Waals surface area contributed by atoms with Gasteiger partial charge < -0.3 is 10.4 Å². The van der Waals surface area contributed by atoms with Gasteiger partial charge in [-0.3, -0.25) is 4.79 Å². The number of alkyl halides is 6. The summed E-state index contributed by atoms with van der Waals surface area (Å²) in [4.78, 5) is 12.3. The van der Waals surface area contributed by atoms with Crippen LogP contribution >= 0.6 is 11.6 Å². The van der Waals surface area contributed by atoms with Crippen LogP contribution in [-0.2, 0) is 23.2 Å². The number of rotatable bonds is 6. The molecule has 3 nitrogen and oxygen atoms in total. The Morgan fingerprint density at radius 1 is 0.886 bits per heavy atom. The SMILES string of the molecule is CCc1cc(C(O)(C(F)(F)F)C(F)(F)F)ccc1-c1ccc(NC(=O)Cc2ccc(Cl)cc2)cc1. The molecule has 3 aromatic carbocycles. The number of aryl methyl sites for hydroxylation is 1. The van der Waals surface area contributed by atoms with E-state index in [2.05, 4.69) is 5.32 Å². The van der Waals surface area contributed by atoms with Gasteiger partial charge in [-0.05, 0) is 52.9 Å². The van der Waals surface area contributed by atoms with E-state index in [4.69, 9.17) is 11.6 Å². The molecule has 0 unspecified atom stereocenters. The molecule has 3 aromatic rings. The smallest absolute Gasteiger partial charge is 0.369 e. The zero-order valence-electron chi connectivity index (χ0n) is 18.3. The van der Waals surface area contributed by atoms with Crippen molar-refractivity contribution < 1.29 is 36.2 Å². The number of nitrogens with one attached hydrogen (secondary N) is 1. The quantitative estimate of drug-likeness (QED) is 0.345. The molecule has 186 valence electrons. The number of carbonyl (C=O) groups is 1. The first-order valence-corrected chi connectivity index (χ1v) is 10.8. The maximum atomic E-state index is 13.2. The monoisotopic (exact) mass is 515 g/mol. The minimum Gasteiger partial charge on any atom is -0.369 e. The van der Waals surface area contributed by atoms with Gasteiger partial charge in [0.05, 0.1) is 6.42 Å². The fourth-order valence-electron chi connectivity index (χ4n) is 3.61. The molecule has 0 aliphatic carbocycles. The van der Waals surface area contributed by atoms with Crippen LogP contribution in [0, 0.1) is 0 Å². The maximum absolute atomic E-state index is 13.2. The summed E-state index contributed by atoms with van der Waals surface area (Å²) < 4.78 is 79.4. The Hall–Kier alpha value is -3.04.